The molecule has 0 saturated heterocycles. The van der Waals surface area contributed by atoms with Crippen molar-refractivity contribution in [3.05, 3.63) is 0 Å². The lowest BCUT2D eigenvalue weighted by Gasteiger charge is -2.05. The molecule has 0 bridgehead atoms. The largest absolute Gasteiger partial charge is 0.447 e. The van der Waals surface area contributed by atoms with Gasteiger partial charge in [0, 0.05) is 23.2 Å². The standard InChI is InChI=1S/C9H21NO3Si/c1-3-14-8-4-5-10-9(11)13-7-6-12-2/h3-8,14H2,1-2H3,(H,10,11). The number of hydrogen-bond acceptors (Lipinski definition) is 3. The van der Waals surface area contributed by atoms with Gasteiger partial charge in [0.15, 0.2) is 0 Å². The zero-order valence-corrected chi connectivity index (χ0v) is 10.6. The molecule has 4 nitrogen and oxygen atoms in total. The van der Waals surface area contributed by atoms with Gasteiger partial charge in [0.25, 0.3) is 0 Å². The fourth-order valence-corrected chi connectivity index (χ4v) is 2.11. The van der Waals surface area contributed by atoms with Crippen molar-refractivity contribution in [3.8, 4) is 0 Å². The number of amides is 1. The highest BCUT2D eigenvalue weighted by Crippen LogP contribution is 1.90. The summed E-state index contributed by atoms with van der Waals surface area (Å²) in [7, 11) is 1.73. The zero-order valence-electron chi connectivity index (χ0n) is 9.17. The van der Waals surface area contributed by atoms with E-state index in [-0.39, 0.29) is 15.6 Å². The maximum absolute atomic E-state index is 11.0. The monoisotopic (exact) mass is 219 g/mol. The first-order chi connectivity index (χ1) is 6.81. The van der Waals surface area contributed by atoms with Crippen LogP contribution in [0.2, 0.25) is 12.1 Å². The molecule has 0 aliphatic rings. The van der Waals surface area contributed by atoms with Gasteiger partial charge in [-0.3, -0.25) is 0 Å². The van der Waals surface area contributed by atoms with Crippen LogP contribution in [0.25, 0.3) is 0 Å². The first-order valence-corrected chi connectivity index (χ1v) is 7.20. The third-order valence-electron chi connectivity index (χ3n) is 1.82. The maximum Gasteiger partial charge on any atom is 0.407 e. The van der Waals surface area contributed by atoms with Gasteiger partial charge in [0.1, 0.15) is 6.61 Å². The quantitative estimate of drug-likeness (QED) is 0.484. The third-order valence-corrected chi connectivity index (χ3v) is 3.53. The Kier molecular flexibility index (Phi) is 10.1. The summed E-state index contributed by atoms with van der Waals surface area (Å²) in [6, 6.07) is 2.65. The summed E-state index contributed by atoms with van der Waals surface area (Å²) >= 11 is 0. The molecule has 0 rings (SSSR count). The van der Waals surface area contributed by atoms with Crippen molar-refractivity contribution in [2.75, 3.05) is 26.9 Å². The van der Waals surface area contributed by atoms with E-state index in [1.165, 1.54) is 12.1 Å². The van der Waals surface area contributed by atoms with Crippen LogP contribution < -0.4 is 5.32 Å². The molecule has 0 radical (unpaired) electrons. The molecule has 0 saturated carbocycles. The van der Waals surface area contributed by atoms with Gasteiger partial charge in [0.2, 0.25) is 0 Å². The summed E-state index contributed by atoms with van der Waals surface area (Å²) in [5.41, 5.74) is 0. The van der Waals surface area contributed by atoms with Gasteiger partial charge in [-0.15, -0.1) is 0 Å². The van der Waals surface area contributed by atoms with Gasteiger partial charge >= 0.3 is 6.09 Å². The van der Waals surface area contributed by atoms with Crippen LogP contribution in [0, 0.1) is 0 Å². The van der Waals surface area contributed by atoms with Crippen molar-refractivity contribution in [1.82, 2.24) is 5.32 Å². The summed E-state index contributed by atoms with van der Waals surface area (Å²) in [6.07, 6.45) is 0.750. The molecule has 0 aliphatic heterocycles. The normalized spacial score (nSPS) is 10.7. The van der Waals surface area contributed by atoms with Gasteiger partial charge in [0.05, 0.1) is 6.61 Å². The van der Waals surface area contributed by atoms with E-state index >= 15 is 0 Å². The van der Waals surface area contributed by atoms with E-state index in [1.807, 2.05) is 0 Å². The van der Waals surface area contributed by atoms with Crippen LogP contribution in [0.3, 0.4) is 0 Å². The predicted molar refractivity (Wildman–Crippen MR) is 59.7 cm³/mol. The molecular weight excluding hydrogens is 198 g/mol. The van der Waals surface area contributed by atoms with E-state index in [0.717, 1.165) is 13.0 Å². The molecule has 0 aromatic heterocycles. The summed E-state index contributed by atoms with van der Waals surface area (Å²) in [6.45, 7) is 3.74. The molecule has 5 heteroatoms. The van der Waals surface area contributed by atoms with Gasteiger partial charge in [-0.1, -0.05) is 19.0 Å². The maximum atomic E-state index is 11.0. The van der Waals surface area contributed by atoms with Gasteiger partial charge in [-0.05, 0) is 6.42 Å². The van der Waals surface area contributed by atoms with Crippen LogP contribution in [-0.2, 0) is 9.47 Å². The molecule has 0 aromatic carbocycles. The average molecular weight is 219 g/mol. The highest BCUT2D eigenvalue weighted by molar-refractivity contribution is 6.35. The number of nitrogens with one attached hydrogen (secondary N) is 1. The number of ether oxygens (including phenoxy) is 2. The first-order valence-electron chi connectivity index (χ1n) is 5.20. The minimum Gasteiger partial charge on any atom is -0.447 e. The second kappa shape index (κ2) is 10.5. The third kappa shape index (κ3) is 9.53. The Morgan fingerprint density at radius 2 is 2.21 bits per heavy atom. The average Bonchev–Trinajstić information content (AvgIpc) is 2.18. The Balaban J connectivity index is 3.10. The van der Waals surface area contributed by atoms with Crippen LogP contribution >= 0.6 is 0 Å². The van der Waals surface area contributed by atoms with Gasteiger partial charge in [-0.25, -0.2) is 4.79 Å². The Hall–Kier alpha value is -0.553. The summed E-state index contributed by atoms with van der Waals surface area (Å²) in [5, 5.41) is 2.71. The number of carbonyl (C=O) groups is 1. The van der Waals surface area contributed by atoms with Crippen molar-refractivity contribution in [2.45, 2.75) is 25.4 Å². The van der Waals surface area contributed by atoms with Crippen LogP contribution in [0.15, 0.2) is 0 Å². The molecule has 14 heavy (non-hydrogen) atoms. The van der Waals surface area contributed by atoms with Gasteiger partial charge < -0.3 is 14.8 Å². The molecule has 0 atom stereocenters. The smallest absolute Gasteiger partial charge is 0.407 e. The number of carbonyl (C=O) groups excluding carboxylic acids is 1. The lowest BCUT2D eigenvalue weighted by molar-refractivity contribution is 0.0986. The Morgan fingerprint density at radius 3 is 2.86 bits per heavy atom. The minimum atomic E-state index is -0.333. The fourth-order valence-electron chi connectivity index (χ4n) is 1.01. The van der Waals surface area contributed by atoms with E-state index in [4.69, 9.17) is 9.47 Å². The Morgan fingerprint density at radius 1 is 1.43 bits per heavy atom. The highest BCUT2D eigenvalue weighted by Gasteiger charge is 1.99. The minimum absolute atomic E-state index is 0.145. The molecule has 0 aliphatic carbocycles. The van der Waals surface area contributed by atoms with Crippen LogP contribution in [0.1, 0.15) is 13.3 Å². The van der Waals surface area contributed by atoms with Crippen LogP contribution in [0.5, 0.6) is 0 Å². The van der Waals surface area contributed by atoms with E-state index in [0.29, 0.717) is 13.2 Å². The molecule has 0 fully saturated rings. The molecule has 0 unspecified atom stereocenters. The topological polar surface area (TPSA) is 47.6 Å². The summed E-state index contributed by atoms with van der Waals surface area (Å²) in [4.78, 5) is 11.0. The SMILES string of the molecule is CC[SiH2]CCCNC(=O)OCCOC. The second-order valence-corrected chi connectivity index (χ2v) is 5.53. The highest BCUT2D eigenvalue weighted by atomic mass is 28.2. The van der Waals surface area contributed by atoms with E-state index in [1.54, 1.807) is 7.11 Å². The van der Waals surface area contributed by atoms with Gasteiger partial charge in [-0.2, -0.15) is 0 Å². The first kappa shape index (κ1) is 13.4. The molecule has 0 aromatic rings. The molecule has 1 N–H and O–H groups in total. The van der Waals surface area contributed by atoms with Crippen LogP contribution in [0.4, 0.5) is 4.79 Å². The molecule has 0 spiro atoms. The van der Waals surface area contributed by atoms with Crippen molar-refractivity contribution in [3.63, 3.8) is 0 Å². The Bertz CT molecular complexity index is 144. The summed E-state index contributed by atoms with van der Waals surface area (Å²) < 4.78 is 9.58. The molecule has 0 heterocycles. The van der Waals surface area contributed by atoms with E-state index < -0.39 is 0 Å². The lowest BCUT2D eigenvalue weighted by Crippen LogP contribution is -2.26. The summed E-state index contributed by atoms with van der Waals surface area (Å²) in [5.74, 6) is 0. The van der Waals surface area contributed by atoms with E-state index in [9.17, 15) is 4.79 Å². The predicted octanol–water partition coefficient (Wildman–Crippen LogP) is 0.774. The van der Waals surface area contributed by atoms with Crippen molar-refractivity contribution in [2.24, 2.45) is 0 Å². The zero-order chi connectivity index (χ0) is 10.6. The second-order valence-electron chi connectivity index (χ2n) is 3.12. The molecule has 1 amide bonds. The fraction of sp³-hybridized carbons (Fsp3) is 0.889. The van der Waals surface area contributed by atoms with E-state index in [2.05, 4.69) is 12.2 Å². The van der Waals surface area contributed by atoms with Crippen molar-refractivity contribution >= 4 is 15.6 Å². The van der Waals surface area contributed by atoms with Crippen molar-refractivity contribution in [1.29, 1.82) is 0 Å². The molecule has 84 valence electrons. The lowest BCUT2D eigenvalue weighted by atomic mass is 10.5. The molecular formula is C9H21NO3Si. The number of alkyl carbamates (subject to hydrolysis) is 1. The number of rotatable bonds is 8. The van der Waals surface area contributed by atoms with Crippen LogP contribution in [-0.4, -0.2) is 42.5 Å². The number of hydrogen-bond donors (Lipinski definition) is 1. The van der Waals surface area contributed by atoms with Crippen molar-refractivity contribution < 1.29 is 14.3 Å². The Labute approximate surface area is 88.2 Å². The number of methoxy groups -OCH3 is 1.